The van der Waals surface area contributed by atoms with Crippen LogP contribution in [-0.4, -0.2) is 63.4 Å². The molecule has 0 radical (unpaired) electrons. The molecule has 121 heavy (non-hydrogen) atoms. The molecule has 0 bridgehead atoms. The number of aromatic nitrogens is 6. The molecule has 16 aromatic carbocycles. The summed E-state index contributed by atoms with van der Waals surface area (Å²) in [6.07, 6.45) is -12.4. The number of carbonyl (C=O) groups excluding carboxylic acids is 4. The molecule has 0 N–H and O–H groups in total. The van der Waals surface area contributed by atoms with Crippen molar-refractivity contribution in [3.05, 3.63) is 385 Å². The second-order valence-corrected chi connectivity index (χ2v) is 31.1. The van der Waals surface area contributed by atoms with Gasteiger partial charge in [-0.2, -0.15) is 26.3 Å². The van der Waals surface area contributed by atoms with E-state index >= 15 is 26.3 Å². The highest BCUT2D eigenvalue weighted by Gasteiger charge is 2.73. The monoisotopic (exact) mass is 1580 g/mol. The first-order valence-corrected chi connectivity index (χ1v) is 39.5. The van der Waals surface area contributed by atoms with Crippen molar-refractivity contribution >= 4 is 166 Å². The Kier molecular flexibility index (Phi) is 14.4. The Morgan fingerprint density at radius 3 is 0.595 bits per heavy atom. The molecule has 12 nitrogen and oxygen atoms in total. The predicted molar refractivity (Wildman–Crippen MR) is 467 cm³/mol. The van der Waals surface area contributed by atoms with E-state index in [9.17, 15) is 19.2 Å². The number of carbonyl (C=O) groups is 4. The molecule has 0 fully saturated rings. The highest BCUT2D eigenvalue weighted by molar-refractivity contribution is 6.36. The molecule has 2 aliphatic heterocycles. The van der Waals surface area contributed by atoms with Crippen LogP contribution in [0, 0.1) is 0 Å². The van der Waals surface area contributed by atoms with E-state index in [-0.39, 0.29) is 11.4 Å². The number of halogens is 6. The molecule has 18 heteroatoms. The molecule has 0 unspecified atom stereocenters. The maximum absolute atomic E-state index is 16.4. The van der Waals surface area contributed by atoms with E-state index < -0.39 is 74.8 Å². The van der Waals surface area contributed by atoms with E-state index in [0.29, 0.717) is 35.6 Å². The van der Waals surface area contributed by atoms with Crippen molar-refractivity contribution < 1.29 is 45.5 Å². The van der Waals surface area contributed by atoms with E-state index in [1.165, 1.54) is 24.3 Å². The molecule has 0 saturated heterocycles. The van der Waals surface area contributed by atoms with Gasteiger partial charge in [0, 0.05) is 98.8 Å². The average Bonchev–Trinajstić information content (AvgIpc) is 1.68. The predicted octanol–water partition coefficient (Wildman–Crippen LogP) is 25.3. The standard InChI is InChI=1S/C103H58F6N8O4/c104-102(105,106)101(103(107,108)109,59-33-47-77-83(53-59)99(120)116(97(77)118)63-39-35-61(36-40-63)110-93-49-43-65(112-85-25-9-1-17-69(85)70-18-2-10-26-86(70)112)55-79(93)80-56-66(44-50-94(80)110)113-87-27-11-3-19-71(87)72-20-4-12-28-88(72)113)60-34-48-78-84(54-60)100(121)117(98(78)119)64-41-37-62(38-42-64)111-95-51-45-67(114-89-29-13-5-21-73(89)74-22-6-14-30-90(74)114)57-81(95)82-58-68(46-52-96(82)111)115-91-31-15-7-23-75(91)76-24-8-16-32-92(76)115/h1-58H. The van der Waals surface area contributed by atoms with Gasteiger partial charge in [-0.25, -0.2) is 9.80 Å². The SMILES string of the molecule is O=C1c2ccc(C(c3ccc4c(c3)C(=O)N(c3ccc(-n5c6ccc(-n7c8ccccc8c8ccccc87)cc6c6cc(-n7c8ccccc8c8ccccc87)ccc65)cc3)C4=O)(C(F)(F)F)C(F)(F)F)cc2C(=O)N1c1ccc(-n2c3ccc(-n4c5ccccc5c5ccccc54)cc3c3cc(-n4c5ccccc5c5ccccc54)ccc32)cc1. The lowest BCUT2D eigenvalue weighted by Gasteiger charge is -2.38. The summed E-state index contributed by atoms with van der Waals surface area (Å²) in [5.74, 6) is -4.28. The Morgan fingerprint density at radius 2 is 0.364 bits per heavy atom. The van der Waals surface area contributed by atoms with Crippen molar-refractivity contribution in [1.82, 2.24) is 27.4 Å². The molecule has 8 heterocycles. The highest BCUT2D eigenvalue weighted by Crippen LogP contribution is 2.58. The average molecular weight is 1590 g/mol. The summed E-state index contributed by atoms with van der Waals surface area (Å²) in [6.45, 7) is 0. The molecule has 4 amide bonds. The summed E-state index contributed by atoms with van der Waals surface area (Å²) in [4.78, 5) is 60.4. The fourth-order valence-electron chi connectivity index (χ4n) is 19.8. The molecule has 2 aliphatic rings. The normalized spacial score (nSPS) is 13.6. The lowest BCUT2D eigenvalue weighted by Crippen LogP contribution is -2.55. The second-order valence-electron chi connectivity index (χ2n) is 31.1. The van der Waals surface area contributed by atoms with Crippen molar-refractivity contribution in [2.24, 2.45) is 0 Å². The number of fused-ring (bicyclic) bond motifs is 20. The largest absolute Gasteiger partial charge is 0.411 e. The summed E-state index contributed by atoms with van der Waals surface area (Å²) in [6, 6.07) is 108. The number of hydrogen-bond acceptors (Lipinski definition) is 4. The molecule has 24 rings (SSSR count). The Hall–Kier alpha value is -15.8. The van der Waals surface area contributed by atoms with Gasteiger partial charge in [-0.1, -0.05) is 158 Å². The second kappa shape index (κ2) is 25.1. The number of hydrogen-bond donors (Lipinski definition) is 0. The molecule has 22 aromatic rings. The maximum atomic E-state index is 16.4. The zero-order valence-corrected chi connectivity index (χ0v) is 63.5. The molecular weight excluding hydrogens is 1530 g/mol. The first-order valence-electron chi connectivity index (χ1n) is 39.5. The van der Waals surface area contributed by atoms with Crippen LogP contribution in [0.1, 0.15) is 52.6 Å². The van der Waals surface area contributed by atoms with Crippen molar-refractivity contribution in [2.45, 2.75) is 17.8 Å². The van der Waals surface area contributed by atoms with Crippen LogP contribution in [0.3, 0.4) is 0 Å². The van der Waals surface area contributed by atoms with Gasteiger partial charge < -0.3 is 27.4 Å². The molecule has 576 valence electrons. The molecule has 0 atom stereocenters. The third-order valence-electron chi connectivity index (χ3n) is 25.0. The van der Waals surface area contributed by atoms with Gasteiger partial charge in [-0.05, 0) is 205 Å². The van der Waals surface area contributed by atoms with Crippen LogP contribution in [0.5, 0.6) is 0 Å². The van der Waals surface area contributed by atoms with Gasteiger partial charge in [0.15, 0.2) is 0 Å². The highest BCUT2D eigenvalue weighted by atomic mass is 19.4. The van der Waals surface area contributed by atoms with E-state index in [2.05, 4.69) is 197 Å². The minimum Gasteiger partial charge on any atom is -0.309 e. The van der Waals surface area contributed by atoms with Crippen molar-refractivity contribution in [1.29, 1.82) is 0 Å². The number of anilines is 2. The van der Waals surface area contributed by atoms with Gasteiger partial charge in [0.1, 0.15) is 0 Å². The number of nitrogens with zero attached hydrogens (tertiary/aromatic N) is 8. The van der Waals surface area contributed by atoms with E-state index in [1.54, 1.807) is 24.3 Å². The van der Waals surface area contributed by atoms with E-state index in [1.807, 2.05) is 97.1 Å². The molecule has 6 aromatic heterocycles. The zero-order chi connectivity index (χ0) is 81.4. The van der Waals surface area contributed by atoms with Gasteiger partial charge in [-0.15, -0.1) is 0 Å². The van der Waals surface area contributed by atoms with Crippen molar-refractivity contribution in [3.63, 3.8) is 0 Å². The Balaban J connectivity index is 0.565. The minimum absolute atomic E-state index is 0.00101. The third-order valence-corrected chi connectivity index (χ3v) is 25.0. The van der Waals surface area contributed by atoms with Crippen LogP contribution in [0.15, 0.2) is 352 Å². The van der Waals surface area contributed by atoms with Crippen molar-refractivity contribution in [2.75, 3.05) is 9.80 Å². The summed E-state index contributed by atoms with van der Waals surface area (Å²) >= 11 is 0. The zero-order valence-electron chi connectivity index (χ0n) is 63.5. The van der Waals surface area contributed by atoms with Gasteiger partial charge in [0.25, 0.3) is 23.6 Å². The number of amides is 4. The maximum Gasteiger partial charge on any atom is 0.411 e. The van der Waals surface area contributed by atoms with E-state index in [4.69, 9.17) is 0 Å². The minimum atomic E-state index is -6.21. The molecule has 0 saturated carbocycles. The lowest BCUT2D eigenvalue weighted by molar-refractivity contribution is -0.288. The van der Waals surface area contributed by atoms with Crippen LogP contribution in [0.4, 0.5) is 37.7 Å². The number of rotatable bonds is 10. The Bertz CT molecular complexity index is 7340. The van der Waals surface area contributed by atoms with Gasteiger partial charge >= 0.3 is 12.4 Å². The fraction of sp³-hybridized carbons (Fsp3) is 0.0291. The van der Waals surface area contributed by atoms with Crippen LogP contribution in [0.25, 0.3) is 165 Å². The summed E-state index contributed by atoms with van der Waals surface area (Å²) in [5, 5.41) is 12.4. The van der Waals surface area contributed by atoms with Gasteiger partial charge in [-0.3, -0.25) is 19.2 Å². The first kappa shape index (κ1) is 69.5. The van der Waals surface area contributed by atoms with Crippen molar-refractivity contribution in [3.8, 4) is 34.1 Å². The summed E-state index contributed by atoms with van der Waals surface area (Å²) in [7, 11) is 0. The van der Waals surface area contributed by atoms with Gasteiger partial charge in [0.05, 0.1) is 99.8 Å². The fourth-order valence-corrected chi connectivity index (χ4v) is 19.8. The number of para-hydroxylation sites is 8. The Morgan fingerprint density at radius 1 is 0.174 bits per heavy atom. The summed E-state index contributed by atoms with van der Waals surface area (Å²) < 4.78 is 112. The van der Waals surface area contributed by atoms with Crippen LogP contribution < -0.4 is 9.80 Å². The smallest absolute Gasteiger partial charge is 0.309 e. The Labute approximate surface area is 681 Å². The molecule has 0 aliphatic carbocycles. The first-order chi connectivity index (χ1) is 59.0. The van der Waals surface area contributed by atoms with Gasteiger partial charge in [0.2, 0.25) is 5.41 Å². The van der Waals surface area contributed by atoms with E-state index in [0.717, 1.165) is 176 Å². The summed E-state index contributed by atoms with van der Waals surface area (Å²) in [5.41, 5.74) is 6.25. The van der Waals surface area contributed by atoms with Crippen LogP contribution >= 0.6 is 0 Å². The third kappa shape index (κ3) is 9.62. The molecular formula is C103H58F6N8O4. The number of imide groups is 2. The molecule has 0 spiro atoms. The van der Waals surface area contributed by atoms with Crippen LogP contribution in [-0.2, 0) is 5.41 Å². The quantitative estimate of drug-likeness (QED) is 0.100. The topological polar surface area (TPSA) is 104 Å². The van der Waals surface area contributed by atoms with Crippen LogP contribution in [0.2, 0.25) is 0 Å². The lowest BCUT2D eigenvalue weighted by atomic mass is 9.71. The number of benzene rings is 16. The number of alkyl halides is 6.